The van der Waals surface area contributed by atoms with Gasteiger partial charge < -0.3 is 14.8 Å². The van der Waals surface area contributed by atoms with Crippen LogP contribution in [0.25, 0.3) is 0 Å². The first-order valence-corrected chi connectivity index (χ1v) is 10.8. The van der Waals surface area contributed by atoms with E-state index >= 15 is 0 Å². The Balaban J connectivity index is 1.63. The van der Waals surface area contributed by atoms with E-state index in [9.17, 15) is 4.79 Å². The van der Waals surface area contributed by atoms with Crippen molar-refractivity contribution in [2.45, 2.75) is 19.1 Å². The molecule has 1 amide bonds. The third-order valence-corrected chi connectivity index (χ3v) is 5.44. The number of ether oxygens (including phenoxy) is 2. The minimum absolute atomic E-state index is 0.118. The summed E-state index contributed by atoms with van der Waals surface area (Å²) < 4.78 is 10.5. The van der Waals surface area contributed by atoms with Crippen molar-refractivity contribution in [3.63, 3.8) is 0 Å². The topological polar surface area (TPSA) is 71.6 Å². The Morgan fingerprint density at radius 2 is 1.83 bits per heavy atom. The number of methoxy groups -OCH3 is 2. The van der Waals surface area contributed by atoms with Gasteiger partial charge in [-0.3, -0.25) is 15.6 Å². The molecule has 0 spiro atoms. The number of nitrogens with one attached hydrogen (secondary N) is 3. The Morgan fingerprint density at radius 3 is 2.55 bits per heavy atom. The fraction of sp³-hybridized carbons (Fsp3) is 0.333. The van der Waals surface area contributed by atoms with Gasteiger partial charge in [0.2, 0.25) is 5.91 Å². The molecule has 0 bridgehead atoms. The fourth-order valence-electron chi connectivity index (χ4n) is 2.59. The highest BCUT2D eigenvalue weighted by Gasteiger charge is 2.06. The molecule has 0 aliphatic rings. The van der Waals surface area contributed by atoms with Crippen LogP contribution in [0.2, 0.25) is 0 Å². The lowest BCUT2D eigenvalue weighted by Gasteiger charge is -2.13. The zero-order valence-electron chi connectivity index (χ0n) is 16.9. The van der Waals surface area contributed by atoms with Gasteiger partial charge in [-0.2, -0.15) is 0 Å². The Bertz CT molecular complexity index is 831. The summed E-state index contributed by atoms with van der Waals surface area (Å²) in [7, 11) is 3.22. The van der Waals surface area contributed by atoms with E-state index in [1.54, 1.807) is 26.0 Å². The van der Waals surface area contributed by atoms with E-state index in [4.69, 9.17) is 21.7 Å². The van der Waals surface area contributed by atoms with Crippen LogP contribution in [0.5, 0.6) is 11.5 Å². The van der Waals surface area contributed by atoms with Crippen molar-refractivity contribution >= 4 is 35.0 Å². The summed E-state index contributed by atoms with van der Waals surface area (Å²) in [6.45, 7) is 2.70. The second-order valence-electron chi connectivity index (χ2n) is 6.29. The Hall–Kier alpha value is -2.45. The maximum atomic E-state index is 11.9. The molecule has 0 saturated carbocycles. The maximum Gasteiger partial charge on any atom is 0.248 e. The van der Waals surface area contributed by atoms with Crippen LogP contribution < -0.4 is 25.6 Å². The molecule has 2 aromatic carbocycles. The number of hydrogen-bond acceptors (Lipinski definition) is 5. The quantitative estimate of drug-likeness (QED) is 0.415. The Kier molecular flexibility index (Phi) is 9.59. The van der Waals surface area contributed by atoms with Crippen LogP contribution >= 0.6 is 24.0 Å². The highest BCUT2D eigenvalue weighted by Crippen LogP contribution is 2.27. The monoisotopic (exact) mass is 433 g/mol. The molecule has 0 radical (unpaired) electrons. The molecular formula is C21H27N3O3S2. The van der Waals surface area contributed by atoms with Gasteiger partial charge in [0.15, 0.2) is 16.6 Å². The molecule has 0 saturated heterocycles. The van der Waals surface area contributed by atoms with Crippen LogP contribution in [-0.2, 0) is 17.0 Å². The van der Waals surface area contributed by atoms with Crippen molar-refractivity contribution in [3.05, 3.63) is 59.2 Å². The number of thioether (sulfide) groups is 1. The molecule has 0 heterocycles. The van der Waals surface area contributed by atoms with Gasteiger partial charge in [-0.1, -0.05) is 30.3 Å². The van der Waals surface area contributed by atoms with Crippen LogP contribution in [-0.4, -0.2) is 37.5 Å². The summed E-state index contributed by atoms with van der Waals surface area (Å²) in [6.07, 6.45) is 0.752. The zero-order chi connectivity index (χ0) is 21.1. The lowest BCUT2D eigenvalue weighted by Crippen LogP contribution is -2.47. The van der Waals surface area contributed by atoms with E-state index in [0.29, 0.717) is 28.9 Å². The molecule has 0 unspecified atom stereocenters. The first-order chi connectivity index (χ1) is 14.0. The lowest BCUT2D eigenvalue weighted by molar-refractivity contribution is -0.119. The van der Waals surface area contributed by atoms with Crippen molar-refractivity contribution in [1.29, 1.82) is 0 Å². The molecule has 0 aliphatic heterocycles. The molecule has 156 valence electrons. The number of thiocarbonyl (C=S) groups is 1. The number of rotatable bonds is 9. The Morgan fingerprint density at radius 1 is 1.07 bits per heavy atom. The molecule has 2 rings (SSSR count). The molecule has 0 fully saturated rings. The first kappa shape index (κ1) is 22.8. The highest BCUT2D eigenvalue weighted by molar-refractivity contribution is 7.99. The molecule has 0 aromatic heterocycles. The van der Waals surface area contributed by atoms with Gasteiger partial charge in [-0.25, -0.2) is 0 Å². The zero-order valence-corrected chi connectivity index (χ0v) is 18.5. The SMILES string of the molecule is COc1ccc(CCNC(=S)NNC(=O)CSCc2ccccc2C)cc1OC. The van der Waals surface area contributed by atoms with Gasteiger partial charge in [0, 0.05) is 12.3 Å². The Labute approximate surface area is 181 Å². The molecule has 0 aliphatic carbocycles. The first-order valence-electron chi connectivity index (χ1n) is 9.19. The molecule has 3 N–H and O–H groups in total. The van der Waals surface area contributed by atoms with Crippen LogP contribution in [0.3, 0.4) is 0 Å². The van der Waals surface area contributed by atoms with Crippen molar-refractivity contribution < 1.29 is 14.3 Å². The normalized spacial score (nSPS) is 10.2. The molecule has 2 aromatic rings. The van der Waals surface area contributed by atoms with E-state index in [2.05, 4.69) is 35.2 Å². The van der Waals surface area contributed by atoms with Crippen LogP contribution in [0.1, 0.15) is 16.7 Å². The molecule has 8 heteroatoms. The smallest absolute Gasteiger partial charge is 0.248 e. The fourth-order valence-corrected chi connectivity index (χ4v) is 3.65. The summed E-state index contributed by atoms with van der Waals surface area (Å²) in [5.74, 6) is 2.43. The minimum Gasteiger partial charge on any atom is -0.493 e. The number of aryl methyl sites for hydroxylation is 1. The van der Waals surface area contributed by atoms with E-state index in [1.807, 2.05) is 30.3 Å². The van der Waals surface area contributed by atoms with Crippen molar-refractivity contribution in [3.8, 4) is 11.5 Å². The van der Waals surface area contributed by atoms with Gasteiger partial charge in [-0.05, 0) is 54.4 Å². The highest BCUT2D eigenvalue weighted by atomic mass is 32.2. The molecule has 29 heavy (non-hydrogen) atoms. The van der Waals surface area contributed by atoms with Crippen molar-refractivity contribution in [1.82, 2.24) is 16.2 Å². The predicted octanol–water partition coefficient (Wildman–Crippen LogP) is 2.98. The standard InChI is InChI=1S/C21H27N3O3S2/c1-15-6-4-5-7-17(15)13-29-14-20(25)23-24-21(28)22-11-10-16-8-9-18(26-2)19(12-16)27-3/h4-9,12H,10-11,13-14H2,1-3H3,(H,23,25)(H2,22,24,28). The minimum atomic E-state index is -0.118. The van der Waals surface area contributed by atoms with Crippen molar-refractivity contribution in [2.24, 2.45) is 0 Å². The number of hydrogen-bond donors (Lipinski definition) is 3. The number of benzene rings is 2. The third-order valence-electron chi connectivity index (χ3n) is 4.21. The third kappa shape index (κ3) is 7.83. The summed E-state index contributed by atoms with van der Waals surface area (Å²) in [5.41, 5.74) is 8.92. The van der Waals surface area contributed by atoms with Crippen LogP contribution in [0.15, 0.2) is 42.5 Å². The number of carbonyl (C=O) groups excluding carboxylic acids is 1. The van der Waals surface area contributed by atoms with Gasteiger partial charge in [0.05, 0.1) is 20.0 Å². The summed E-state index contributed by atoms with van der Waals surface area (Å²) >= 11 is 6.76. The van der Waals surface area contributed by atoms with E-state index in [1.165, 1.54) is 11.1 Å². The predicted molar refractivity (Wildman–Crippen MR) is 122 cm³/mol. The number of carbonyl (C=O) groups is 1. The van der Waals surface area contributed by atoms with E-state index in [0.717, 1.165) is 17.7 Å². The second kappa shape index (κ2) is 12.2. The van der Waals surface area contributed by atoms with E-state index in [-0.39, 0.29) is 5.91 Å². The van der Waals surface area contributed by atoms with Crippen molar-refractivity contribution in [2.75, 3.05) is 26.5 Å². The average Bonchev–Trinajstić information content (AvgIpc) is 2.73. The number of amides is 1. The van der Waals surface area contributed by atoms with Crippen LogP contribution in [0, 0.1) is 6.92 Å². The maximum absolute atomic E-state index is 11.9. The van der Waals surface area contributed by atoms with E-state index < -0.39 is 0 Å². The van der Waals surface area contributed by atoms with Crippen LogP contribution in [0.4, 0.5) is 0 Å². The summed E-state index contributed by atoms with van der Waals surface area (Å²) in [6, 6.07) is 14.0. The lowest BCUT2D eigenvalue weighted by atomic mass is 10.1. The second-order valence-corrected chi connectivity index (χ2v) is 7.68. The largest absolute Gasteiger partial charge is 0.493 e. The summed E-state index contributed by atoms with van der Waals surface area (Å²) in [5, 5.41) is 3.45. The molecule has 6 nitrogen and oxygen atoms in total. The molecule has 0 atom stereocenters. The number of hydrazine groups is 1. The van der Waals surface area contributed by atoms with Gasteiger partial charge >= 0.3 is 0 Å². The summed E-state index contributed by atoms with van der Waals surface area (Å²) in [4.78, 5) is 11.9. The average molecular weight is 434 g/mol. The van der Waals surface area contributed by atoms with Gasteiger partial charge in [0.25, 0.3) is 0 Å². The molecular weight excluding hydrogens is 406 g/mol. The van der Waals surface area contributed by atoms with Gasteiger partial charge in [-0.15, -0.1) is 11.8 Å². The van der Waals surface area contributed by atoms with Gasteiger partial charge in [0.1, 0.15) is 0 Å².